The Balaban J connectivity index is 2.87. The first kappa shape index (κ1) is 34.4. The average molecular weight is 563 g/mol. The fourth-order valence-corrected chi connectivity index (χ4v) is 3.73. The molecule has 0 fully saturated rings. The van der Waals surface area contributed by atoms with Crippen LogP contribution in [0.4, 0.5) is 4.79 Å². The predicted molar refractivity (Wildman–Crippen MR) is 151 cm³/mol. The van der Waals surface area contributed by atoms with E-state index in [-0.39, 0.29) is 37.7 Å². The first-order chi connectivity index (χ1) is 18.6. The molecule has 1 rings (SSSR count). The van der Waals surface area contributed by atoms with Crippen LogP contribution in [0.15, 0.2) is 30.3 Å². The van der Waals surface area contributed by atoms with Crippen LogP contribution in [-0.2, 0) is 35.3 Å². The van der Waals surface area contributed by atoms with Crippen molar-refractivity contribution in [1.82, 2.24) is 16.0 Å². The highest BCUT2D eigenvalue weighted by atomic mass is 16.6. The van der Waals surface area contributed by atoms with Crippen molar-refractivity contribution < 1.29 is 33.4 Å². The highest BCUT2D eigenvalue weighted by Gasteiger charge is 2.32. The second-order valence-corrected chi connectivity index (χ2v) is 11.3. The topological polar surface area (TPSA) is 166 Å². The Hall–Kier alpha value is -3.63. The van der Waals surface area contributed by atoms with Crippen molar-refractivity contribution in [1.29, 1.82) is 0 Å². The molecule has 0 spiro atoms. The van der Waals surface area contributed by atoms with Gasteiger partial charge < -0.3 is 31.2 Å². The summed E-state index contributed by atoms with van der Waals surface area (Å²) in [5, 5.41) is 7.88. The van der Waals surface area contributed by atoms with Gasteiger partial charge in [0.15, 0.2) is 0 Å². The highest BCUT2D eigenvalue weighted by molar-refractivity contribution is 5.93. The minimum atomic E-state index is -1.14. The molecule has 4 amide bonds. The molecule has 5 N–H and O–H groups in total. The fourth-order valence-electron chi connectivity index (χ4n) is 3.73. The number of hydrogen-bond acceptors (Lipinski definition) is 7. The molecule has 0 saturated heterocycles. The molecule has 11 nitrogen and oxygen atoms in total. The number of alkyl carbamates (subject to hydrolysis) is 1. The number of esters is 1. The number of rotatable bonds is 15. The van der Waals surface area contributed by atoms with E-state index in [9.17, 15) is 24.0 Å². The maximum absolute atomic E-state index is 13.3. The van der Waals surface area contributed by atoms with E-state index in [1.807, 2.05) is 51.1 Å². The third-order valence-electron chi connectivity index (χ3n) is 6.05. The lowest BCUT2D eigenvalue weighted by Gasteiger charge is -2.29. The molecule has 0 aliphatic rings. The quantitative estimate of drug-likeness (QED) is 0.239. The van der Waals surface area contributed by atoms with Gasteiger partial charge in [0.25, 0.3) is 0 Å². The van der Waals surface area contributed by atoms with E-state index in [2.05, 4.69) is 16.0 Å². The van der Waals surface area contributed by atoms with Gasteiger partial charge in [0.05, 0.1) is 0 Å². The lowest BCUT2D eigenvalue weighted by molar-refractivity contribution is -0.145. The summed E-state index contributed by atoms with van der Waals surface area (Å²) in [4.78, 5) is 63.1. The maximum atomic E-state index is 13.3. The molecule has 40 heavy (non-hydrogen) atoms. The molecule has 0 radical (unpaired) electrons. The lowest BCUT2D eigenvalue weighted by atomic mass is 9.96. The minimum Gasteiger partial charge on any atom is -0.461 e. The maximum Gasteiger partial charge on any atom is 0.408 e. The van der Waals surface area contributed by atoms with Gasteiger partial charge in [-0.25, -0.2) is 4.79 Å². The molecular formula is C29H46N4O7. The molecule has 0 heterocycles. The minimum absolute atomic E-state index is 0.0110. The van der Waals surface area contributed by atoms with Crippen molar-refractivity contribution in [3.63, 3.8) is 0 Å². The van der Waals surface area contributed by atoms with Crippen molar-refractivity contribution in [2.24, 2.45) is 17.6 Å². The van der Waals surface area contributed by atoms with Gasteiger partial charge in [-0.15, -0.1) is 0 Å². The summed E-state index contributed by atoms with van der Waals surface area (Å²) in [6.07, 6.45) is -0.100. The Morgan fingerprint density at radius 3 is 2.02 bits per heavy atom. The highest BCUT2D eigenvalue weighted by Crippen LogP contribution is 2.13. The molecule has 224 valence electrons. The molecule has 0 saturated carbocycles. The summed E-state index contributed by atoms with van der Waals surface area (Å²) in [6, 6.07) is 6.03. The Kier molecular flexibility index (Phi) is 14.2. The number of nitrogens with one attached hydrogen (secondary N) is 3. The largest absolute Gasteiger partial charge is 0.461 e. The number of hydrogen-bond donors (Lipinski definition) is 4. The van der Waals surface area contributed by atoms with Gasteiger partial charge in [-0.3, -0.25) is 19.2 Å². The molecule has 11 heteroatoms. The number of benzene rings is 1. The second-order valence-electron chi connectivity index (χ2n) is 11.3. The van der Waals surface area contributed by atoms with Crippen molar-refractivity contribution in [2.45, 2.75) is 104 Å². The molecule has 4 atom stereocenters. The molecule has 1 aromatic rings. The SMILES string of the molecule is CC[C@H](C)[C@H](NC(=O)OC(C)(C)C)C(=O)N[C@@H](CC(C)C)C(=O)N[C@@H](CCC(=O)OCc1ccccc1)C(N)=O. The Morgan fingerprint density at radius 1 is 0.900 bits per heavy atom. The normalized spacial score (nSPS) is 14.3. The number of ether oxygens (including phenoxy) is 2. The number of amides is 4. The first-order valence-electron chi connectivity index (χ1n) is 13.7. The van der Waals surface area contributed by atoms with Gasteiger partial charge in [0, 0.05) is 6.42 Å². The number of carbonyl (C=O) groups is 5. The lowest BCUT2D eigenvalue weighted by Crippen LogP contribution is -2.58. The summed E-state index contributed by atoms with van der Waals surface area (Å²) >= 11 is 0. The molecular weight excluding hydrogens is 516 g/mol. The summed E-state index contributed by atoms with van der Waals surface area (Å²) < 4.78 is 10.5. The zero-order valence-electron chi connectivity index (χ0n) is 24.7. The van der Waals surface area contributed by atoms with E-state index in [1.54, 1.807) is 27.7 Å². The van der Waals surface area contributed by atoms with E-state index in [1.165, 1.54) is 0 Å². The van der Waals surface area contributed by atoms with Gasteiger partial charge in [0.2, 0.25) is 17.7 Å². The third kappa shape index (κ3) is 13.4. The number of carbonyl (C=O) groups excluding carboxylic acids is 5. The summed E-state index contributed by atoms with van der Waals surface area (Å²) in [5.41, 5.74) is 5.56. The molecule has 1 aromatic carbocycles. The molecule has 0 aromatic heterocycles. The van der Waals surface area contributed by atoms with E-state index < -0.39 is 53.5 Å². The number of nitrogens with two attached hydrogens (primary N) is 1. The molecule has 0 aliphatic carbocycles. The van der Waals surface area contributed by atoms with Crippen LogP contribution in [0, 0.1) is 11.8 Å². The molecule has 0 bridgehead atoms. The Labute approximate surface area is 237 Å². The van der Waals surface area contributed by atoms with E-state index in [0.29, 0.717) is 6.42 Å². The van der Waals surface area contributed by atoms with E-state index in [4.69, 9.17) is 15.2 Å². The summed E-state index contributed by atoms with van der Waals surface area (Å²) in [5.74, 6) is -2.78. The van der Waals surface area contributed by atoms with Gasteiger partial charge in [-0.05, 0) is 51.0 Å². The Bertz CT molecular complexity index is 992. The molecule has 0 aliphatic heterocycles. The van der Waals surface area contributed by atoms with Crippen LogP contribution < -0.4 is 21.7 Å². The predicted octanol–water partition coefficient (Wildman–Crippen LogP) is 2.95. The second kappa shape index (κ2) is 16.5. The van der Waals surface area contributed by atoms with Crippen molar-refractivity contribution in [3.8, 4) is 0 Å². The zero-order valence-corrected chi connectivity index (χ0v) is 24.7. The van der Waals surface area contributed by atoms with Gasteiger partial charge in [-0.2, -0.15) is 0 Å². The van der Waals surface area contributed by atoms with Crippen molar-refractivity contribution >= 4 is 29.8 Å². The van der Waals surface area contributed by atoms with Gasteiger partial charge in [0.1, 0.15) is 30.3 Å². The van der Waals surface area contributed by atoms with Crippen LogP contribution in [0.3, 0.4) is 0 Å². The Morgan fingerprint density at radius 2 is 1.50 bits per heavy atom. The van der Waals surface area contributed by atoms with Crippen LogP contribution >= 0.6 is 0 Å². The summed E-state index contributed by atoms with van der Waals surface area (Å²) in [6.45, 7) is 12.7. The van der Waals surface area contributed by atoms with Crippen molar-refractivity contribution in [3.05, 3.63) is 35.9 Å². The van der Waals surface area contributed by atoms with Crippen LogP contribution in [0.2, 0.25) is 0 Å². The third-order valence-corrected chi connectivity index (χ3v) is 6.05. The standard InChI is InChI=1S/C29H46N4O7/c1-8-19(4)24(33-28(38)40-29(5,6)7)27(37)32-22(16-18(2)3)26(36)31-21(25(30)35)14-15-23(34)39-17-20-12-10-9-11-13-20/h9-13,18-19,21-22,24H,8,14-17H2,1-7H3,(H2,30,35)(H,31,36)(H,32,37)(H,33,38)/t19-,21-,22-,24-/m0/s1. The average Bonchev–Trinajstić information content (AvgIpc) is 2.86. The summed E-state index contributed by atoms with van der Waals surface area (Å²) in [7, 11) is 0. The first-order valence-corrected chi connectivity index (χ1v) is 13.7. The number of primary amides is 1. The van der Waals surface area contributed by atoms with Gasteiger partial charge in [-0.1, -0.05) is 64.4 Å². The van der Waals surface area contributed by atoms with Crippen molar-refractivity contribution in [2.75, 3.05) is 0 Å². The van der Waals surface area contributed by atoms with Crippen LogP contribution in [-0.4, -0.2) is 53.5 Å². The van der Waals surface area contributed by atoms with Crippen LogP contribution in [0.5, 0.6) is 0 Å². The molecule has 0 unspecified atom stereocenters. The van der Waals surface area contributed by atoms with E-state index in [0.717, 1.165) is 5.56 Å². The van der Waals surface area contributed by atoms with Gasteiger partial charge >= 0.3 is 12.1 Å². The van der Waals surface area contributed by atoms with E-state index >= 15 is 0 Å². The zero-order chi connectivity index (χ0) is 30.5. The monoisotopic (exact) mass is 562 g/mol. The smallest absolute Gasteiger partial charge is 0.408 e. The fraction of sp³-hybridized carbons (Fsp3) is 0.621. The van der Waals surface area contributed by atoms with Crippen LogP contribution in [0.1, 0.15) is 79.7 Å². The van der Waals surface area contributed by atoms with Crippen LogP contribution in [0.25, 0.3) is 0 Å².